The van der Waals surface area contributed by atoms with E-state index in [-0.39, 0.29) is 11.7 Å². The summed E-state index contributed by atoms with van der Waals surface area (Å²) >= 11 is 1.38. The van der Waals surface area contributed by atoms with E-state index in [4.69, 9.17) is 0 Å². The quantitative estimate of drug-likeness (QED) is 0.294. The second-order valence-corrected chi connectivity index (χ2v) is 9.10. The summed E-state index contributed by atoms with van der Waals surface area (Å²) in [7, 11) is 0. The number of rotatable bonds is 6. The summed E-state index contributed by atoms with van der Waals surface area (Å²) in [6, 6.07) is 30.5. The molecule has 1 amide bonds. The van der Waals surface area contributed by atoms with Crippen LogP contribution in [0, 0.1) is 13.8 Å². The van der Waals surface area contributed by atoms with Crippen LogP contribution in [0.3, 0.4) is 0 Å². The molecule has 34 heavy (non-hydrogen) atoms. The number of amides is 1. The number of para-hydroxylation sites is 1. The Morgan fingerprint density at radius 3 is 2.47 bits per heavy atom. The van der Waals surface area contributed by atoms with Crippen molar-refractivity contribution in [3.8, 4) is 17.1 Å². The molecule has 5 rings (SSSR count). The second-order valence-electron chi connectivity index (χ2n) is 8.16. The van der Waals surface area contributed by atoms with Gasteiger partial charge in [0.15, 0.2) is 11.0 Å². The zero-order chi connectivity index (χ0) is 23.5. The van der Waals surface area contributed by atoms with E-state index in [1.807, 2.05) is 79.1 Å². The molecule has 5 nitrogen and oxygen atoms in total. The number of carbonyl (C=O) groups is 1. The Bertz CT molecular complexity index is 1470. The van der Waals surface area contributed by atoms with Crippen LogP contribution in [0.5, 0.6) is 0 Å². The predicted octanol–water partition coefficient (Wildman–Crippen LogP) is 6.44. The lowest BCUT2D eigenvalue weighted by Gasteiger charge is -2.12. The minimum absolute atomic E-state index is 0.0775. The number of nitrogens with zero attached hydrogens (tertiary/aromatic N) is 3. The van der Waals surface area contributed by atoms with Gasteiger partial charge in [-0.25, -0.2) is 0 Å². The minimum atomic E-state index is -0.0775. The maximum absolute atomic E-state index is 12.7. The van der Waals surface area contributed by atoms with E-state index in [1.54, 1.807) is 0 Å². The molecule has 0 aliphatic carbocycles. The Hall–Kier alpha value is -3.90. The van der Waals surface area contributed by atoms with E-state index >= 15 is 0 Å². The number of aromatic nitrogens is 3. The van der Waals surface area contributed by atoms with Gasteiger partial charge in [-0.3, -0.25) is 9.36 Å². The van der Waals surface area contributed by atoms with Crippen LogP contribution in [0.1, 0.15) is 11.1 Å². The van der Waals surface area contributed by atoms with Gasteiger partial charge in [-0.2, -0.15) is 0 Å². The highest BCUT2D eigenvalue weighted by molar-refractivity contribution is 7.99. The number of fused-ring (bicyclic) bond motifs is 1. The van der Waals surface area contributed by atoms with Crippen molar-refractivity contribution in [3.63, 3.8) is 0 Å². The Labute approximate surface area is 202 Å². The van der Waals surface area contributed by atoms with Crippen molar-refractivity contribution in [2.45, 2.75) is 19.0 Å². The molecule has 1 heterocycles. The smallest absolute Gasteiger partial charge is 0.234 e. The fourth-order valence-electron chi connectivity index (χ4n) is 4.04. The number of carbonyl (C=O) groups excluding carboxylic acids is 1. The first kappa shape index (κ1) is 21.9. The molecule has 1 aromatic heterocycles. The molecule has 5 aromatic rings. The zero-order valence-electron chi connectivity index (χ0n) is 19.0. The Balaban J connectivity index is 1.47. The Kier molecular flexibility index (Phi) is 6.14. The fourth-order valence-corrected chi connectivity index (χ4v) is 4.79. The third-order valence-corrected chi connectivity index (χ3v) is 6.60. The van der Waals surface area contributed by atoms with E-state index in [0.29, 0.717) is 5.16 Å². The highest BCUT2D eigenvalue weighted by Gasteiger charge is 2.19. The van der Waals surface area contributed by atoms with Gasteiger partial charge >= 0.3 is 0 Å². The Morgan fingerprint density at radius 1 is 0.882 bits per heavy atom. The molecule has 0 saturated heterocycles. The van der Waals surface area contributed by atoms with Crippen LogP contribution in [-0.2, 0) is 4.79 Å². The van der Waals surface area contributed by atoms with Crippen molar-refractivity contribution < 1.29 is 4.79 Å². The van der Waals surface area contributed by atoms with Crippen LogP contribution in [0.15, 0.2) is 96.2 Å². The molecule has 6 heteroatoms. The molecule has 0 fully saturated rings. The van der Waals surface area contributed by atoms with Gasteiger partial charge in [0.05, 0.1) is 5.75 Å². The molecule has 1 N–H and O–H groups in total. The molecule has 0 radical (unpaired) electrons. The van der Waals surface area contributed by atoms with Crippen LogP contribution in [-0.4, -0.2) is 26.4 Å². The lowest BCUT2D eigenvalue weighted by atomic mass is 10.0. The first-order chi connectivity index (χ1) is 16.6. The highest BCUT2D eigenvalue weighted by atomic mass is 32.2. The van der Waals surface area contributed by atoms with Crippen LogP contribution in [0.25, 0.3) is 27.8 Å². The SMILES string of the molecule is Cc1ccc(NC(=O)CSc2nnc(-c3cccc4ccccc34)n2-c2ccccc2)c(C)c1. The molecular formula is C28H24N4OS. The third-order valence-electron chi connectivity index (χ3n) is 5.67. The highest BCUT2D eigenvalue weighted by Crippen LogP contribution is 2.32. The molecule has 0 aliphatic heterocycles. The summed E-state index contributed by atoms with van der Waals surface area (Å²) in [6.07, 6.45) is 0. The van der Waals surface area contributed by atoms with Gasteiger partial charge in [-0.05, 0) is 48.4 Å². The van der Waals surface area contributed by atoms with Crippen molar-refractivity contribution in [2.24, 2.45) is 0 Å². The van der Waals surface area contributed by atoms with Gasteiger partial charge in [-0.1, -0.05) is 90.1 Å². The minimum Gasteiger partial charge on any atom is -0.325 e. The van der Waals surface area contributed by atoms with Gasteiger partial charge in [0, 0.05) is 16.9 Å². The molecule has 168 valence electrons. The molecule has 0 saturated carbocycles. The normalized spacial score (nSPS) is 11.0. The molecule has 0 unspecified atom stereocenters. The summed E-state index contributed by atoms with van der Waals surface area (Å²) in [6.45, 7) is 4.04. The number of anilines is 1. The number of benzene rings is 4. The summed E-state index contributed by atoms with van der Waals surface area (Å²) in [5.74, 6) is 0.903. The molecular weight excluding hydrogens is 440 g/mol. The van der Waals surface area contributed by atoms with Crippen LogP contribution < -0.4 is 5.32 Å². The number of nitrogens with one attached hydrogen (secondary N) is 1. The van der Waals surface area contributed by atoms with E-state index in [9.17, 15) is 4.79 Å². The maximum Gasteiger partial charge on any atom is 0.234 e. The molecule has 0 bridgehead atoms. The van der Waals surface area contributed by atoms with Crippen molar-refractivity contribution in [3.05, 3.63) is 102 Å². The van der Waals surface area contributed by atoms with E-state index < -0.39 is 0 Å². The summed E-state index contributed by atoms with van der Waals surface area (Å²) < 4.78 is 2.02. The van der Waals surface area contributed by atoms with Crippen molar-refractivity contribution in [1.82, 2.24) is 14.8 Å². The average Bonchev–Trinajstić information content (AvgIpc) is 3.28. The summed E-state index contributed by atoms with van der Waals surface area (Å²) in [5.41, 5.74) is 5.00. The lowest BCUT2D eigenvalue weighted by molar-refractivity contribution is -0.113. The fraction of sp³-hybridized carbons (Fsp3) is 0.107. The number of thioether (sulfide) groups is 1. The topological polar surface area (TPSA) is 59.8 Å². The number of hydrogen-bond acceptors (Lipinski definition) is 4. The first-order valence-electron chi connectivity index (χ1n) is 11.1. The molecule has 0 aliphatic rings. The molecule has 0 atom stereocenters. The first-order valence-corrected chi connectivity index (χ1v) is 12.1. The molecule has 0 spiro atoms. The average molecular weight is 465 g/mol. The second kappa shape index (κ2) is 9.53. The van der Waals surface area contributed by atoms with Crippen molar-refractivity contribution >= 4 is 34.1 Å². The van der Waals surface area contributed by atoms with E-state index in [0.717, 1.165) is 39.1 Å². The van der Waals surface area contributed by atoms with Gasteiger partial charge < -0.3 is 5.32 Å². The van der Waals surface area contributed by atoms with Gasteiger partial charge in [-0.15, -0.1) is 10.2 Å². The van der Waals surface area contributed by atoms with Crippen LogP contribution in [0.2, 0.25) is 0 Å². The number of aryl methyl sites for hydroxylation is 2. The summed E-state index contributed by atoms with van der Waals surface area (Å²) in [4.78, 5) is 12.7. The zero-order valence-corrected chi connectivity index (χ0v) is 19.8. The summed E-state index contributed by atoms with van der Waals surface area (Å²) in [5, 5.41) is 15.0. The third kappa shape index (κ3) is 4.45. The van der Waals surface area contributed by atoms with Gasteiger partial charge in [0.25, 0.3) is 0 Å². The van der Waals surface area contributed by atoms with Gasteiger partial charge in [0.2, 0.25) is 5.91 Å². The number of hydrogen-bond donors (Lipinski definition) is 1. The van der Waals surface area contributed by atoms with E-state index in [2.05, 4.69) is 45.8 Å². The maximum atomic E-state index is 12.7. The standard InChI is InChI=1S/C28H24N4OS/c1-19-15-16-25(20(2)17-19)29-26(33)18-34-28-31-30-27(32(28)22-11-4-3-5-12-22)24-14-8-10-21-9-6-7-13-23(21)24/h3-17H,18H2,1-2H3,(H,29,33). The van der Waals surface area contributed by atoms with E-state index in [1.165, 1.54) is 17.3 Å². The largest absolute Gasteiger partial charge is 0.325 e. The Morgan fingerprint density at radius 2 is 1.65 bits per heavy atom. The van der Waals surface area contributed by atoms with Crippen LogP contribution >= 0.6 is 11.8 Å². The van der Waals surface area contributed by atoms with Gasteiger partial charge in [0.1, 0.15) is 0 Å². The lowest BCUT2D eigenvalue weighted by Crippen LogP contribution is -2.15. The van der Waals surface area contributed by atoms with Crippen molar-refractivity contribution in [1.29, 1.82) is 0 Å². The van der Waals surface area contributed by atoms with Crippen LogP contribution in [0.4, 0.5) is 5.69 Å². The predicted molar refractivity (Wildman–Crippen MR) is 140 cm³/mol. The molecule has 4 aromatic carbocycles. The monoisotopic (exact) mass is 464 g/mol. The van der Waals surface area contributed by atoms with Crippen molar-refractivity contribution in [2.75, 3.05) is 11.1 Å².